The van der Waals surface area contributed by atoms with E-state index in [9.17, 15) is 13.2 Å². The first-order chi connectivity index (χ1) is 14.5. The number of para-hydroxylation sites is 1. The molecule has 30 heavy (non-hydrogen) atoms. The number of halogens is 3. The van der Waals surface area contributed by atoms with Gasteiger partial charge in [-0.15, -0.1) is 0 Å². The number of aromatic nitrogens is 5. The standard InChI is InChI=1S/C20H15F3N6O/c21-20(22,23)14-6-8-24-16(11-14)30-15-4-2-1-3-13(15)5-7-26-18-17-19(29-12-28-18)27-10-9-25-17/h1-4,6,8-12H,5,7H2,(H,26,27,28,29). The molecule has 0 radical (unpaired) electrons. The molecule has 3 aromatic heterocycles. The van der Waals surface area contributed by atoms with E-state index in [-0.39, 0.29) is 5.88 Å². The zero-order valence-electron chi connectivity index (χ0n) is 15.5. The highest BCUT2D eigenvalue weighted by atomic mass is 19.4. The number of ether oxygens (including phenoxy) is 1. The Morgan fingerprint density at radius 3 is 2.60 bits per heavy atom. The summed E-state index contributed by atoms with van der Waals surface area (Å²) in [4.78, 5) is 20.5. The van der Waals surface area contributed by atoms with Gasteiger partial charge < -0.3 is 10.1 Å². The molecule has 7 nitrogen and oxygen atoms in total. The van der Waals surface area contributed by atoms with E-state index in [2.05, 4.69) is 30.2 Å². The molecule has 0 aliphatic rings. The van der Waals surface area contributed by atoms with Crippen molar-refractivity contribution in [3.8, 4) is 11.6 Å². The maximum absolute atomic E-state index is 12.9. The van der Waals surface area contributed by atoms with Crippen molar-refractivity contribution in [2.75, 3.05) is 11.9 Å². The number of rotatable bonds is 6. The highest BCUT2D eigenvalue weighted by Crippen LogP contribution is 2.32. The Hall–Kier alpha value is -3.82. The summed E-state index contributed by atoms with van der Waals surface area (Å²) in [6.45, 7) is 0.485. The van der Waals surface area contributed by atoms with Gasteiger partial charge in [0, 0.05) is 31.2 Å². The summed E-state index contributed by atoms with van der Waals surface area (Å²) in [7, 11) is 0. The van der Waals surface area contributed by atoms with Crippen LogP contribution in [0.25, 0.3) is 11.2 Å². The van der Waals surface area contributed by atoms with Crippen LogP contribution in [-0.4, -0.2) is 31.5 Å². The first-order valence-corrected chi connectivity index (χ1v) is 8.95. The quantitative estimate of drug-likeness (QED) is 0.506. The Morgan fingerprint density at radius 1 is 0.900 bits per heavy atom. The normalized spacial score (nSPS) is 11.4. The predicted octanol–water partition coefficient (Wildman–Crippen LogP) is 4.28. The molecule has 1 N–H and O–H groups in total. The lowest BCUT2D eigenvalue weighted by Crippen LogP contribution is -2.09. The van der Waals surface area contributed by atoms with Gasteiger partial charge in [0.05, 0.1) is 5.56 Å². The number of hydrogen-bond acceptors (Lipinski definition) is 7. The zero-order valence-corrected chi connectivity index (χ0v) is 15.5. The lowest BCUT2D eigenvalue weighted by atomic mass is 10.1. The molecule has 10 heteroatoms. The molecular weight excluding hydrogens is 397 g/mol. The molecule has 152 valence electrons. The highest BCUT2D eigenvalue weighted by Gasteiger charge is 2.31. The first-order valence-electron chi connectivity index (χ1n) is 8.95. The summed E-state index contributed by atoms with van der Waals surface area (Å²) in [5, 5.41) is 3.18. The summed E-state index contributed by atoms with van der Waals surface area (Å²) in [5.74, 6) is 0.854. The number of pyridine rings is 1. The summed E-state index contributed by atoms with van der Waals surface area (Å²) in [6.07, 6.45) is 1.64. The molecular formula is C20H15F3N6O. The minimum atomic E-state index is -4.46. The van der Waals surface area contributed by atoms with Gasteiger partial charge in [0.1, 0.15) is 17.6 Å². The van der Waals surface area contributed by atoms with E-state index in [1.54, 1.807) is 24.5 Å². The lowest BCUT2D eigenvalue weighted by molar-refractivity contribution is -0.137. The van der Waals surface area contributed by atoms with E-state index < -0.39 is 11.7 Å². The Kier molecular flexibility index (Phi) is 5.38. The van der Waals surface area contributed by atoms with Crippen LogP contribution in [0.15, 0.2) is 61.3 Å². The summed E-state index contributed by atoms with van der Waals surface area (Å²) in [6, 6.07) is 8.87. The van der Waals surface area contributed by atoms with Crippen molar-refractivity contribution in [2.24, 2.45) is 0 Å². The molecule has 0 spiro atoms. The van der Waals surface area contributed by atoms with Gasteiger partial charge in [-0.25, -0.2) is 24.9 Å². The number of nitrogens with zero attached hydrogens (tertiary/aromatic N) is 5. The molecule has 0 unspecified atom stereocenters. The molecule has 0 saturated heterocycles. The zero-order chi connectivity index (χ0) is 21.0. The second kappa shape index (κ2) is 8.27. The molecule has 0 bridgehead atoms. The second-order valence-corrected chi connectivity index (χ2v) is 6.22. The molecule has 4 aromatic rings. The Morgan fingerprint density at radius 2 is 1.73 bits per heavy atom. The van der Waals surface area contributed by atoms with Gasteiger partial charge in [-0.3, -0.25) is 0 Å². The van der Waals surface area contributed by atoms with Crippen LogP contribution in [0.2, 0.25) is 0 Å². The largest absolute Gasteiger partial charge is 0.439 e. The first kappa shape index (κ1) is 19.5. The van der Waals surface area contributed by atoms with Crippen LogP contribution in [0.1, 0.15) is 11.1 Å². The summed E-state index contributed by atoms with van der Waals surface area (Å²) >= 11 is 0. The summed E-state index contributed by atoms with van der Waals surface area (Å²) in [5.41, 5.74) is 1.02. The fourth-order valence-corrected chi connectivity index (χ4v) is 2.80. The number of alkyl halides is 3. The van der Waals surface area contributed by atoms with E-state index in [0.717, 1.165) is 23.9 Å². The highest BCUT2D eigenvalue weighted by molar-refractivity contribution is 5.81. The molecule has 3 heterocycles. The van der Waals surface area contributed by atoms with Crippen LogP contribution >= 0.6 is 0 Å². The number of anilines is 1. The molecule has 0 saturated carbocycles. The minimum absolute atomic E-state index is 0.123. The van der Waals surface area contributed by atoms with Gasteiger partial charge >= 0.3 is 6.18 Å². The average Bonchev–Trinajstić information content (AvgIpc) is 2.75. The van der Waals surface area contributed by atoms with Crippen LogP contribution < -0.4 is 10.1 Å². The van der Waals surface area contributed by atoms with Crippen LogP contribution in [-0.2, 0) is 12.6 Å². The predicted molar refractivity (Wildman–Crippen MR) is 103 cm³/mol. The molecule has 0 fully saturated rings. The van der Waals surface area contributed by atoms with Gasteiger partial charge in [-0.1, -0.05) is 18.2 Å². The molecule has 0 atom stereocenters. The number of nitrogens with one attached hydrogen (secondary N) is 1. The van der Waals surface area contributed by atoms with Gasteiger partial charge in [-0.2, -0.15) is 13.2 Å². The van der Waals surface area contributed by atoms with Crippen molar-refractivity contribution in [3.05, 3.63) is 72.4 Å². The molecule has 4 rings (SSSR count). The lowest BCUT2D eigenvalue weighted by Gasteiger charge is -2.13. The van der Waals surface area contributed by atoms with Gasteiger partial charge in [0.25, 0.3) is 0 Å². The van der Waals surface area contributed by atoms with E-state index >= 15 is 0 Å². The van der Waals surface area contributed by atoms with E-state index in [1.165, 1.54) is 6.33 Å². The van der Waals surface area contributed by atoms with Gasteiger partial charge in [-0.05, 0) is 24.1 Å². The number of hydrogen-bond donors (Lipinski definition) is 1. The Bertz CT molecular complexity index is 1160. The molecule has 0 aliphatic carbocycles. The van der Waals surface area contributed by atoms with Crippen molar-refractivity contribution in [3.63, 3.8) is 0 Å². The summed E-state index contributed by atoms with van der Waals surface area (Å²) < 4.78 is 44.4. The van der Waals surface area contributed by atoms with Crippen molar-refractivity contribution in [2.45, 2.75) is 12.6 Å². The van der Waals surface area contributed by atoms with E-state index in [4.69, 9.17) is 4.74 Å². The number of fused-ring (bicyclic) bond motifs is 1. The maximum Gasteiger partial charge on any atom is 0.416 e. The average molecular weight is 412 g/mol. The third-order valence-corrected chi connectivity index (χ3v) is 4.21. The van der Waals surface area contributed by atoms with Gasteiger partial charge in [0.2, 0.25) is 5.88 Å². The molecule has 0 amide bonds. The van der Waals surface area contributed by atoms with Crippen LogP contribution in [0.3, 0.4) is 0 Å². The van der Waals surface area contributed by atoms with Crippen molar-refractivity contribution in [1.82, 2.24) is 24.9 Å². The van der Waals surface area contributed by atoms with E-state index in [1.807, 2.05) is 12.1 Å². The Labute approximate surface area is 169 Å². The van der Waals surface area contributed by atoms with E-state index in [0.29, 0.717) is 35.7 Å². The third-order valence-electron chi connectivity index (χ3n) is 4.21. The van der Waals surface area contributed by atoms with Crippen molar-refractivity contribution >= 4 is 17.0 Å². The maximum atomic E-state index is 12.9. The Balaban J connectivity index is 1.47. The molecule has 0 aliphatic heterocycles. The number of benzene rings is 1. The SMILES string of the molecule is FC(F)(F)c1ccnc(Oc2ccccc2CCNc2ncnc3nccnc23)c1. The molecule has 1 aromatic carbocycles. The second-order valence-electron chi connectivity index (χ2n) is 6.22. The monoisotopic (exact) mass is 412 g/mol. The smallest absolute Gasteiger partial charge is 0.416 e. The minimum Gasteiger partial charge on any atom is -0.439 e. The van der Waals surface area contributed by atoms with Crippen LogP contribution in [0.5, 0.6) is 11.6 Å². The fraction of sp³-hybridized carbons (Fsp3) is 0.150. The fourth-order valence-electron chi connectivity index (χ4n) is 2.80. The van der Waals surface area contributed by atoms with Crippen molar-refractivity contribution in [1.29, 1.82) is 0 Å². The van der Waals surface area contributed by atoms with Crippen molar-refractivity contribution < 1.29 is 17.9 Å². The van der Waals surface area contributed by atoms with Crippen LogP contribution in [0.4, 0.5) is 19.0 Å². The van der Waals surface area contributed by atoms with Crippen LogP contribution in [0, 0.1) is 0 Å². The van der Waals surface area contributed by atoms with Gasteiger partial charge in [0.15, 0.2) is 11.5 Å². The topological polar surface area (TPSA) is 85.7 Å². The third kappa shape index (κ3) is 4.43.